The molecule has 122 valence electrons. The number of rotatable bonds is 3. The van der Waals surface area contributed by atoms with Crippen molar-refractivity contribution in [2.45, 2.75) is 24.7 Å². The second-order valence-corrected chi connectivity index (χ2v) is 5.53. The summed E-state index contributed by atoms with van der Waals surface area (Å²) in [4.78, 5) is 17.2. The summed E-state index contributed by atoms with van der Waals surface area (Å²) < 4.78 is 39.8. The zero-order chi connectivity index (χ0) is 15.7. The summed E-state index contributed by atoms with van der Waals surface area (Å²) in [6.07, 6.45) is -1.51. The maximum atomic E-state index is 14.2. The van der Waals surface area contributed by atoms with Gasteiger partial charge in [-0.1, -0.05) is 0 Å². The summed E-state index contributed by atoms with van der Waals surface area (Å²) in [5, 5.41) is 0. The molecule has 0 bridgehead atoms. The molecule has 2 saturated heterocycles. The molecule has 7 nitrogen and oxygen atoms in total. The van der Waals surface area contributed by atoms with E-state index < -0.39 is 30.4 Å². The number of hydrogen-bond acceptors (Lipinski definition) is 6. The molecule has 2 aliphatic rings. The van der Waals surface area contributed by atoms with Crippen LogP contribution in [0.15, 0.2) is 17.1 Å². The molecule has 0 aliphatic carbocycles. The molecule has 2 aliphatic heterocycles. The van der Waals surface area contributed by atoms with Crippen LogP contribution in [-0.4, -0.2) is 59.3 Å². The molecule has 2 N–H and O–H groups in total. The zero-order valence-electron chi connectivity index (χ0n) is 12.0. The van der Waals surface area contributed by atoms with Crippen LogP contribution in [0.5, 0.6) is 0 Å². The van der Waals surface area contributed by atoms with E-state index in [0.717, 1.165) is 4.57 Å². The first-order valence-electron chi connectivity index (χ1n) is 7.14. The van der Waals surface area contributed by atoms with Crippen LogP contribution in [0.1, 0.15) is 12.6 Å². The van der Waals surface area contributed by atoms with Crippen LogP contribution in [-0.2, 0) is 9.47 Å². The molecule has 9 heteroatoms. The predicted octanol–water partition coefficient (Wildman–Crippen LogP) is 0.0805. The summed E-state index contributed by atoms with van der Waals surface area (Å²) in [5.41, 5.74) is 4.54. The van der Waals surface area contributed by atoms with Gasteiger partial charge in [0.15, 0.2) is 0 Å². The lowest BCUT2D eigenvalue weighted by Gasteiger charge is -2.28. The first-order chi connectivity index (χ1) is 10.5. The monoisotopic (exact) mass is 316 g/mol. The predicted molar refractivity (Wildman–Crippen MR) is 73.6 cm³/mol. The van der Waals surface area contributed by atoms with Gasteiger partial charge in [0.1, 0.15) is 5.82 Å². The van der Waals surface area contributed by atoms with E-state index in [1.165, 1.54) is 12.3 Å². The van der Waals surface area contributed by atoms with Crippen molar-refractivity contribution in [3.8, 4) is 0 Å². The molecule has 3 rings (SSSR count). The lowest BCUT2D eigenvalue weighted by atomic mass is 10.1. The summed E-state index contributed by atoms with van der Waals surface area (Å²) in [6.45, 7) is 2.97. The van der Waals surface area contributed by atoms with Gasteiger partial charge in [-0.05, 0) is 6.07 Å². The Bertz CT molecular complexity index is 589. The largest absolute Gasteiger partial charge is 0.383 e. The first kappa shape index (κ1) is 15.3. The average molecular weight is 316 g/mol. The summed E-state index contributed by atoms with van der Waals surface area (Å²) in [6, 6.07) is 1.30. The van der Waals surface area contributed by atoms with Crippen LogP contribution in [0.2, 0.25) is 0 Å². The molecule has 3 heterocycles. The van der Waals surface area contributed by atoms with Crippen LogP contribution >= 0.6 is 0 Å². The maximum Gasteiger partial charge on any atom is 0.351 e. The standard InChI is InChI=1S/C13H18F2N4O3/c14-13(15)7-9(8-18-3-5-21-6-4-18)22-11(13)19-2-1-10(16)17-12(19)20/h1-2,9,11H,3-8H2,(H2,16,17,20)/t9-,11+/m0/s1. The van der Waals surface area contributed by atoms with E-state index in [4.69, 9.17) is 15.2 Å². The number of alkyl halides is 2. The highest BCUT2D eigenvalue weighted by atomic mass is 19.3. The normalized spacial score (nSPS) is 28.8. The quantitative estimate of drug-likeness (QED) is 0.850. The maximum absolute atomic E-state index is 14.2. The molecule has 0 radical (unpaired) electrons. The SMILES string of the molecule is Nc1ccn([C@@H]2O[C@H](CN3CCOCC3)CC2(F)F)c(=O)n1. The van der Waals surface area contributed by atoms with Crippen molar-refractivity contribution in [3.05, 3.63) is 22.7 Å². The number of anilines is 1. The number of nitrogens with zero attached hydrogens (tertiary/aromatic N) is 3. The number of morpholine rings is 1. The van der Waals surface area contributed by atoms with Crippen molar-refractivity contribution in [3.63, 3.8) is 0 Å². The van der Waals surface area contributed by atoms with Gasteiger partial charge in [0.25, 0.3) is 5.92 Å². The van der Waals surface area contributed by atoms with Crippen molar-refractivity contribution in [2.75, 3.05) is 38.6 Å². The van der Waals surface area contributed by atoms with E-state index >= 15 is 0 Å². The van der Waals surface area contributed by atoms with Crippen LogP contribution < -0.4 is 11.4 Å². The minimum Gasteiger partial charge on any atom is -0.383 e. The molecule has 22 heavy (non-hydrogen) atoms. The first-order valence-corrected chi connectivity index (χ1v) is 7.14. The number of nitrogens with two attached hydrogens (primary N) is 1. The zero-order valence-corrected chi connectivity index (χ0v) is 12.0. The fourth-order valence-electron chi connectivity index (χ4n) is 2.79. The van der Waals surface area contributed by atoms with Gasteiger partial charge in [-0.3, -0.25) is 9.47 Å². The lowest BCUT2D eigenvalue weighted by Crippen LogP contribution is -2.41. The van der Waals surface area contributed by atoms with Crippen LogP contribution in [0, 0.1) is 0 Å². The molecule has 2 atom stereocenters. The van der Waals surface area contributed by atoms with Crippen molar-refractivity contribution in [1.29, 1.82) is 0 Å². The Morgan fingerprint density at radius 3 is 2.82 bits per heavy atom. The minimum absolute atomic E-state index is 0.00701. The van der Waals surface area contributed by atoms with Gasteiger partial charge in [-0.15, -0.1) is 0 Å². The molecular weight excluding hydrogens is 298 g/mol. The number of nitrogen functional groups attached to an aromatic ring is 1. The Balaban J connectivity index is 1.73. The summed E-state index contributed by atoms with van der Waals surface area (Å²) >= 11 is 0. The van der Waals surface area contributed by atoms with Crippen LogP contribution in [0.25, 0.3) is 0 Å². The third-order valence-corrected chi connectivity index (χ3v) is 3.85. The molecule has 0 amide bonds. The second-order valence-electron chi connectivity index (χ2n) is 5.53. The molecule has 1 aromatic heterocycles. The highest BCUT2D eigenvalue weighted by molar-refractivity contribution is 5.23. The van der Waals surface area contributed by atoms with Gasteiger partial charge in [-0.25, -0.2) is 13.6 Å². The van der Waals surface area contributed by atoms with E-state index in [1.807, 2.05) is 4.90 Å². The van der Waals surface area contributed by atoms with Gasteiger partial charge >= 0.3 is 5.69 Å². The third kappa shape index (κ3) is 3.11. The second kappa shape index (κ2) is 5.90. The van der Waals surface area contributed by atoms with E-state index in [0.29, 0.717) is 32.8 Å². The highest BCUT2D eigenvalue weighted by Gasteiger charge is 2.52. The van der Waals surface area contributed by atoms with E-state index in [-0.39, 0.29) is 5.82 Å². The van der Waals surface area contributed by atoms with Crippen molar-refractivity contribution >= 4 is 5.82 Å². The Kier molecular flexibility index (Phi) is 4.11. The minimum atomic E-state index is -3.13. The van der Waals surface area contributed by atoms with Gasteiger partial charge < -0.3 is 15.2 Å². The average Bonchev–Trinajstić information content (AvgIpc) is 2.74. The Morgan fingerprint density at radius 2 is 2.14 bits per heavy atom. The van der Waals surface area contributed by atoms with Gasteiger partial charge in [0, 0.05) is 32.3 Å². The van der Waals surface area contributed by atoms with Gasteiger partial charge in [0.05, 0.1) is 19.3 Å². The Labute approximate surface area is 125 Å². The van der Waals surface area contributed by atoms with Crippen LogP contribution in [0.3, 0.4) is 0 Å². The Hall–Kier alpha value is -1.58. The number of ether oxygens (including phenoxy) is 2. The van der Waals surface area contributed by atoms with Gasteiger partial charge in [0.2, 0.25) is 6.23 Å². The van der Waals surface area contributed by atoms with Crippen molar-refractivity contribution in [2.24, 2.45) is 0 Å². The fraction of sp³-hybridized carbons (Fsp3) is 0.692. The Morgan fingerprint density at radius 1 is 1.41 bits per heavy atom. The van der Waals surface area contributed by atoms with E-state index in [9.17, 15) is 13.6 Å². The molecule has 1 aromatic rings. The topological polar surface area (TPSA) is 82.6 Å². The molecule has 0 unspecified atom stereocenters. The summed E-state index contributed by atoms with van der Waals surface area (Å²) in [5.74, 6) is -3.13. The summed E-state index contributed by atoms with van der Waals surface area (Å²) in [7, 11) is 0. The van der Waals surface area contributed by atoms with Crippen LogP contribution in [0.4, 0.5) is 14.6 Å². The fourth-order valence-corrected chi connectivity index (χ4v) is 2.79. The number of hydrogen-bond donors (Lipinski definition) is 1. The number of halogens is 2. The molecule has 2 fully saturated rings. The molecule has 0 spiro atoms. The molecule has 0 saturated carbocycles. The number of aromatic nitrogens is 2. The van der Waals surface area contributed by atoms with E-state index in [1.54, 1.807) is 0 Å². The third-order valence-electron chi connectivity index (χ3n) is 3.85. The van der Waals surface area contributed by atoms with E-state index in [2.05, 4.69) is 4.98 Å². The highest BCUT2D eigenvalue weighted by Crippen LogP contribution is 2.42. The van der Waals surface area contributed by atoms with Gasteiger partial charge in [-0.2, -0.15) is 4.98 Å². The molecule has 0 aromatic carbocycles. The smallest absolute Gasteiger partial charge is 0.351 e. The molecular formula is C13H18F2N4O3. The lowest BCUT2D eigenvalue weighted by molar-refractivity contribution is -0.119. The van der Waals surface area contributed by atoms with Crippen molar-refractivity contribution in [1.82, 2.24) is 14.5 Å². The van der Waals surface area contributed by atoms with Crippen molar-refractivity contribution < 1.29 is 18.3 Å².